The molecule has 0 fully saturated rings. The van der Waals surface area contributed by atoms with E-state index in [4.69, 9.17) is 14.2 Å². The lowest BCUT2D eigenvalue weighted by Gasteiger charge is -2.14. The van der Waals surface area contributed by atoms with Crippen molar-refractivity contribution >= 4 is 5.97 Å². The summed E-state index contributed by atoms with van der Waals surface area (Å²) in [6.45, 7) is 10.6. The SMILES string of the molecule is C=C(C)C(=O)OC(C)OCCOCCCC. The quantitative estimate of drug-likeness (QED) is 0.264. The van der Waals surface area contributed by atoms with Crippen molar-refractivity contribution in [3.05, 3.63) is 12.2 Å². The second-order valence-electron chi connectivity index (χ2n) is 3.59. The molecule has 1 atom stereocenters. The van der Waals surface area contributed by atoms with Gasteiger partial charge < -0.3 is 14.2 Å². The Balaban J connectivity index is 3.40. The van der Waals surface area contributed by atoms with Gasteiger partial charge in [0.25, 0.3) is 0 Å². The van der Waals surface area contributed by atoms with E-state index in [9.17, 15) is 4.79 Å². The number of hydrogen-bond acceptors (Lipinski definition) is 4. The van der Waals surface area contributed by atoms with Gasteiger partial charge in [-0.1, -0.05) is 19.9 Å². The summed E-state index contributed by atoms with van der Waals surface area (Å²) in [7, 11) is 0. The highest BCUT2D eigenvalue weighted by Crippen LogP contribution is 1.99. The summed E-state index contributed by atoms with van der Waals surface area (Å²) in [5, 5.41) is 0. The van der Waals surface area contributed by atoms with E-state index in [0.29, 0.717) is 18.8 Å². The lowest BCUT2D eigenvalue weighted by molar-refractivity contribution is -0.172. The first-order valence-corrected chi connectivity index (χ1v) is 5.63. The number of carbonyl (C=O) groups is 1. The number of esters is 1. The summed E-state index contributed by atoms with van der Waals surface area (Å²) >= 11 is 0. The highest BCUT2D eigenvalue weighted by Gasteiger charge is 2.09. The Morgan fingerprint density at radius 1 is 1.31 bits per heavy atom. The molecule has 0 aromatic heterocycles. The van der Waals surface area contributed by atoms with Crippen molar-refractivity contribution in [2.45, 2.75) is 39.9 Å². The van der Waals surface area contributed by atoms with Crippen LogP contribution in [-0.4, -0.2) is 32.1 Å². The second kappa shape index (κ2) is 9.36. The number of carbonyl (C=O) groups excluding carboxylic acids is 1. The van der Waals surface area contributed by atoms with Crippen LogP contribution in [0.15, 0.2) is 12.2 Å². The zero-order valence-corrected chi connectivity index (χ0v) is 10.5. The molecule has 0 heterocycles. The summed E-state index contributed by atoms with van der Waals surface area (Å²) in [6, 6.07) is 0. The molecular weight excluding hydrogens is 208 g/mol. The summed E-state index contributed by atoms with van der Waals surface area (Å²) in [5.41, 5.74) is 0.370. The molecule has 0 aliphatic rings. The molecule has 94 valence electrons. The zero-order chi connectivity index (χ0) is 12.4. The zero-order valence-electron chi connectivity index (χ0n) is 10.5. The predicted molar refractivity (Wildman–Crippen MR) is 62.0 cm³/mol. The molecular formula is C12H22O4. The van der Waals surface area contributed by atoms with Crippen molar-refractivity contribution in [1.82, 2.24) is 0 Å². The number of ether oxygens (including phenoxy) is 3. The summed E-state index contributed by atoms with van der Waals surface area (Å²) in [5.74, 6) is -0.431. The minimum absolute atomic E-state index is 0.370. The Bertz CT molecular complexity index is 213. The molecule has 4 heteroatoms. The Labute approximate surface area is 97.6 Å². The number of hydrogen-bond donors (Lipinski definition) is 0. The fraction of sp³-hybridized carbons (Fsp3) is 0.750. The van der Waals surface area contributed by atoms with Crippen molar-refractivity contribution < 1.29 is 19.0 Å². The van der Waals surface area contributed by atoms with Crippen molar-refractivity contribution in [2.75, 3.05) is 19.8 Å². The van der Waals surface area contributed by atoms with E-state index in [1.165, 1.54) is 0 Å². The monoisotopic (exact) mass is 230 g/mol. The molecule has 0 radical (unpaired) electrons. The van der Waals surface area contributed by atoms with Gasteiger partial charge in [0.1, 0.15) is 0 Å². The van der Waals surface area contributed by atoms with Gasteiger partial charge in [0.2, 0.25) is 6.29 Å². The maximum Gasteiger partial charge on any atom is 0.335 e. The Hall–Kier alpha value is -0.870. The molecule has 0 saturated carbocycles. The lowest BCUT2D eigenvalue weighted by atomic mass is 10.4. The van der Waals surface area contributed by atoms with Gasteiger partial charge in [0.15, 0.2) is 0 Å². The number of unbranched alkanes of at least 4 members (excludes halogenated alkanes) is 1. The van der Waals surface area contributed by atoms with Crippen molar-refractivity contribution in [3.63, 3.8) is 0 Å². The first-order chi connectivity index (χ1) is 7.57. The number of rotatable bonds is 9. The van der Waals surface area contributed by atoms with E-state index in [1.54, 1.807) is 13.8 Å². The van der Waals surface area contributed by atoms with Gasteiger partial charge in [0, 0.05) is 12.2 Å². The minimum Gasteiger partial charge on any atom is -0.433 e. The Morgan fingerprint density at radius 2 is 2.00 bits per heavy atom. The summed E-state index contributed by atoms with van der Waals surface area (Å²) in [6.07, 6.45) is 1.62. The molecule has 0 spiro atoms. The Morgan fingerprint density at radius 3 is 2.56 bits per heavy atom. The van der Waals surface area contributed by atoms with Gasteiger partial charge in [-0.05, 0) is 20.3 Å². The van der Waals surface area contributed by atoms with Gasteiger partial charge in [-0.25, -0.2) is 4.79 Å². The molecule has 0 rings (SSSR count). The third kappa shape index (κ3) is 8.44. The fourth-order valence-electron chi connectivity index (χ4n) is 0.907. The van der Waals surface area contributed by atoms with Crippen LogP contribution in [0.3, 0.4) is 0 Å². The van der Waals surface area contributed by atoms with Crippen molar-refractivity contribution in [3.8, 4) is 0 Å². The van der Waals surface area contributed by atoms with E-state index >= 15 is 0 Å². The maximum atomic E-state index is 11.1. The van der Waals surface area contributed by atoms with Crippen molar-refractivity contribution in [1.29, 1.82) is 0 Å². The molecule has 0 amide bonds. The highest BCUT2D eigenvalue weighted by molar-refractivity contribution is 5.86. The van der Waals surface area contributed by atoms with Gasteiger partial charge in [-0.2, -0.15) is 0 Å². The average molecular weight is 230 g/mol. The predicted octanol–water partition coefficient (Wildman–Crippen LogP) is 2.29. The highest BCUT2D eigenvalue weighted by atomic mass is 16.7. The van der Waals surface area contributed by atoms with Crippen molar-refractivity contribution in [2.24, 2.45) is 0 Å². The minimum atomic E-state index is -0.557. The molecule has 0 aromatic carbocycles. The first-order valence-electron chi connectivity index (χ1n) is 5.63. The van der Waals surface area contributed by atoms with Crippen LogP contribution in [0.5, 0.6) is 0 Å². The summed E-state index contributed by atoms with van der Waals surface area (Å²) in [4.78, 5) is 11.1. The van der Waals surface area contributed by atoms with Crippen LogP contribution in [0.2, 0.25) is 0 Å². The molecule has 0 bridgehead atoms. The molecule has 4 nitrogen and oxygen atoms in total. The largest absolute Gasteiger partial charge is 0.433 e. The fourth-order valence-corrected chi connectivity index (χ4v) is 0.907. The van der Waals surface area contributed by atoms with Crippen LogP contribution in [-0.2, 0) is 19.0 Å². The van der Waals surface area contributed by atoms with E-state index in [-0.39, 0.29) is 0 Å². The second-order valence-corrected chi connectivity index (χ2v) is 3.59. The maximum absolute atomic E-state index is 11.1. The third-order valence-corrected chi connectivity index (χ3v) is 1.84. The smallest absolute Gasteiger partial charge is 0.335 e. The average Bonchev–Trinajstić information content (AvgIpc) is 2.23. The van der Waals surface area contributed by atoms with Gasteiger partial charge >= 0.3 is 5.97 Å². The van der Waals surface area contributed by atoms with Crippen LogP contribution in [0, 0.1) is 0 Å². The van der Waals surface area contributed by atoms with E-state index in [1.807, 2.05) is 0 Å². The third-order valence-electron chi connectivity index (χ3n) is 1.84. The van der Waals surface area contributed by atoms with Crippen LogP contribution in [0.25, 0.3) is 0 Å². The van der Waals surface area contributed by atoms with E-state index in [2.05, 4.69) is 13.5 Å². The van der Waals surface area contributed by atoms with Gasteiger partial charge in [-0.15, -0.1) is 0 Å². The first kappa shape index (κ1) is 15.1. The molecule has 16 heavy (non-hydrogen) atoms. The van der Waals surface area contributed by atoms with Gasteiger partial charge in [0.05, 0.1) is 13.2 Å². The molecule has 0 N–H and O–H groups in total. The normalized spacial score (nSPS) is 12.2. The summed E-state index contributed by atoms with van der Waals surface area (Å²) < 4.78 is 15.5. The van der Waals surface area contributed by atoms with E-state index < -0.39 is 12.3 Å². The molecule has 0 saturated heterocycles. The molecule has 1 unspecified atom stereocenters. The van der Waals surface area contributed by atoms with Crippen LogP contribution >= 0.6 is 0 Å². The molecule has 0 aromatic rings. The Kier molecular flexibility index (Phi) is 8.85. The van der Waals surface area contributed by atoms with Crippen LogP contribution in [0.4, 0.5) is 0 Å². The topological polar surface area (TPSA) is 44.8 Å². The van der Waals surface area contributed by atoms with Gasteiger partial charge in [-0.3, -0.25) is 0 Å². The molecule has 0 aliphatic heterocycles. The molecule has 0 aliphatic carbocycles. The van der Waals surface area contributed by atoms with E-state index in [0.717, 1.165) is 19.4 Å². The van der Waals surface area contributed by atoms with Crippen LogP contribution in [0.1, 0.15) is 33.6 Å². The lowest BCUT2D eigenvalue weighted by Crippen LogP contribution is -2.20. The van der Waals surface area contributed by atoms with Crippen LogP contribution < -0.4 is 0 Å². The standard InChI is InChI=1S/C12H22O4/c1-5-6-7-14-8-9-15-11(4)16-12(13)10(2)3/h11H,2,5-9H2,1,3-4H3.